The van der Waals surface area contributed by atoms with Gasteiger partial charge in [0.1, 0.15) is 23.2 Å². The van der Waals surface area contributed by atoms with Gasteiger partial charge < -0.3 is 20.2 Å². The lowest BCUT2D eigenvalue weighted by molar-refractivity contribution is -0.134. The number of aromatic nitrogens is 1. The molecular weight excluding hydrogens is 820 g/mol. The number of allylic oxidation sites excluding steroid dienone is 3. The fraction of sp³-hybridized carbons (Fsp3) is 0.226. The normalized spacial score (nSPS) is 12.7. The standard InChI is InChI=1S/C53H53FN6O3S/c1-4-7-11-45-47(55)27-28-48-52(45)59-53(64-48)60-58-34-46-43(37-17-12-35(10-5-2)13-18-37)25-26-44(51(46)54)40-20-19-39-33-42(24-21-38(39)32-40)63-50(61)29-16-36-14-22-41(23-15-36)62-31-9-8-30-57-49(56)6-3/h6,11-15,17-28,32-34,55H,3-5,7-10,16,29-31H2,1-2H3,(H2,56,57)(H,59,60)/b45-11-,55-47?,58-34+. The Morgan fingerprint density at radius 1 is 0.859 bits per heavy atom. The molecule has 326 valence electrons. The van der Waals surface area contributed by atoms with Crippen molar-refractivity contribution in [3.8, 4) is 33.8 Å². The topological polar surface area (TPSA) is 133 Å². The number of hydrazone groups is 1. The van der Waals surface area contributed by atoms with Crippen LogP contribution in [-0.4, -0.2) is 41.9 Å². The molecule has 64 heavy (non-hydrogen) atoms. The number of unbranched alkanes of at least 4 members (excludes halogenated alkanes) is 2. The lowest BCUT2D eigenvalue weighted by atomic mass is 9.93. The van der Waals surface area contributed by atoms with E-state index in [1.165, 1.54) is 29.2 Å². The number of carbonyl (C=O) groups is 1. The van der Waals surface area contributed by atoms with Gasteiger partial charge in [0.2, 0.25) is 5.13 Å². The van der Waals surface area contributed by atoms with Gasteiger partial charge in [0.15, 0.2) is 0 Å². The number of hydrogen-bond donors (Lipinski definition) is 4. The Hall–Kier alpha value is -6.98. The minimum absolute atomic E-state index is 0.218. The van der Waals surface area contributed by atoms with Crippen molar-refractivity contribution >= 4 is 62.6 Å². The summed E-state index contributed by atoms with van der Waals surface area (Å²) in [4.78, 5) is 18.6. The smallest absolute Gasteiger partial charge is 0.311 e. The molecule has 0 unspecified atom stereocenters. The molecule has 0 amide bonds. The third-order valence-corrected chi connectivity index (χ3v) is 11.8. The number of hydrogen-bond acceptors (Lipinski definition) is 9. The second-order valence-electron chi connectivity index (χ2n) is 15.5. The number of aryl methyl sites for hydroxylation is 2. The van der Waals surface area contributed by atoms with E-state index in [-0.39, 0.29) is 12.4 Å². The lowest BCUT2D eigenvalue weighted by Crippen LogP contribution is -2.21. The number of nitrogens with one attached hydrogen (secondary N) is 4. The fourth-order valence-electron chi connectivity index (χ4n) is 7.39. The third-order valence-electron chi connectivity index (χ3n) is 10.8. The Labute approximate surface area is 378 Å². The SMILES string of the molecule is C=CC(=N)NCCCCOc1ccc(CCC(=O)Oc2ccc3cc(-c4ccc(-c5ccc(CCC)cc5)c(/C=N/Nc5nc6c(s5)C=CC(=N)/C6=C/CCC)c4F)ccc3c2)cc1. The average Bonchev–Trinajstić information content (AvgIpc) is 3.73. The Balaban J connectivity index is 1.02. The van der Waals surface area contributed by atoms with Crippen molar-refractivity contribution < 1.29 is 18.7 Å². The number of nitrogens with zero attached hydrogens (tertiary/aromatic N) is 2. The zero-order chi connectivity index (χ0) is 44.8. The number of benzene rings is 5. The summed E-state index contributed by atoms with van der Waals surface area (Å²) in [5, 5.41) is 25.7. The summed E-state index contributed by atoms with van der Waals surface area (Å²) in [6.07, 6.45) is 15.1. The Kier molecular flexibility index (Phi) is 15.4. The van der Waals surface area contributed by atoms with E-state index in [0.29, 0.717) is 64.3 Å². The van der Waals surface area contributed by atoms with Crippen LogP contribution in [0.25, 0.3) is 44.7 Å². The first-order valence-electron chi connectivity index (χ1n) is 21.8. The van der Waals surface area contributed by atoms with Crippen LogP contribution in [0.5, 0.6) is 11.5 Å². The predicted octanol–water partition coefficient (Wildman–Crippen LogP) is 12.8. The van der Waals surface area contributed by atoms with E-state index in [9.17, 15) is 4.79 Å². The fourth-order valence-corrected chi connectivity index (χ4v) is 8.22. The van der Waals surface area contributed by atoms with E-state index in [4.69, 9.17) is 25.3 Å². The first-order valence-corrected chi connectivity index (χ1v) is 22.6. The van der Waals surface area contributed by atoms with Crippen molar-refractivity contribution in [1.82, 2.24) is 10.3 Å². The van der Waals surface area contributed by atoms with E-state index in [2.05, 4.69) is 54.5 Å². The summed E-state index contributed by atoms with van der Waals surface area (Å²) in [5.74, 6) is 0.803. The van der Waals surface area contributed by atoms with Crippen molar-refractivity contribution in [2.24, 2.45) is 5.10 Å². The average molecular weight is 873 g/mol. The first kappa shape index (κ1) is 45.1. The highest BCUT2D eigenvalue weighted by atomic mass is 32.1. The zero-order valence-electron chi connectivity index (χ0n) is 36.3. The van der Waals surface area contributed by atoms with E-state index in [1.54, 1.807) is 12.1 Å². The van der Waals surface area contributed by atoms with Crippen LogP contribution >= 0.6 is 11.3 Å². The molecule has 7 rings (SSSR count). The molecule has 6 aromatic rings. The number of amidine groups is 1. The van der Waals surface area contributed by atoms with Crippen LogP contribution in [0.1, 0.15) is 79.6 Å². The maximum absolute atomic E-state index is 16.9. The number of ether oxygens (including phenoxy) is 2. The van der Waals surface area contributed by atoms with Crippen LogP contribution < -0.4 is 20.2 Å². The summed E-state index contributed by atoms with van der Waals surface area (Å²) >= 11 is 1.44. The van der Waals surface area contributed by atoms with Gasteiger partial charge in [-0.05, 0) is 119 Å². The van der Waals surface area contributed by atoms with Crippen LogP contribution in [0.2, 0.25) is 0 Å². The molecule has 0 aliphatic heterocycles. The summed E-state index contributed by atoms with van der Waals surface area (Å²) < 4.78 is 28.5. The minimum atomic E-state index is -0.404. The Bertz CT molecular complexity index is 2740. The maximum atomic E-state index is 16.9. The molecule has 1 aliphatic rings. The molecule has 11 heteroatoms. The molecule has 0 spiro atoms. The molecule has 1 aliphatic carbocycles. The number of carbonyl (C=O) groups excluding carboxylic acids is 1. The van der Waals surface area contributed by atoms with Gasteiger partial charge in [0.05, 0.1) is 29.1 Å². The molecule has 0 saturated carbocycles. The highest BCUT2D eigenvalue weighted by molar-refractivity contribution is 7.16. The number of halogens is 1. The van der Waals surface area contributed by atoms with Gasteiger partial charge in [-0.2, -0.15) is 5.10 Å². The molecule has 0 radical (unpaired) electrons. The van der Waals surface area contributed by atoms with Gasteiger partial charge in [0, 0.05) is 29.7 Å². The van der Waals surface area contributed by atoms with E-state index in [0.717, 1.165) is 82.3 Å². The van der Waals surface area contributed by atoms with Crippen molar-refractivity contribution in [2.45, 2.75) is 65.2 Å². The quantitative estimate of drug-likeness (QED) is 0.0151. The second kappa shape index (κ2) is 21.9. The monoisotopic (exact) mass is 872 g/mol. The van der Waals surface area contributed by atoms with Crippen LogP contribution in [-0.2, 0) is 17.6 Å². The first-order chi connectivity index (χ1) is 31.2. The predicted molar refractivity (Wildman–Crippen MR) is 263 cm³/mol. The van der Waals surface area contributed by atoms with Crippen molar-refractivity contribution in [1.29, 1.82) is 10.8 Å². The molecule has 4 N–H and O–H groups in total. The van der Waals surface area contributed by atoms with Gasteiger partial charge in [0.25, 0.3) is 0 Å². The summed E-state index contributed by atoms with van der Waals surface area (Å²) in [6.45, 7) is 9.10. The number of esters is 1. The number of fused-ring (bicyclic) bond motifs is 2. The van der Waals surface area contributed by atoms with Crippen molar-refractivity contribution in [2.75, 3.05) is 18.6 Å². The Morgan fingerprint density at radius 3 is 2.36 bits per heavy atom. The second-order valence-corrected chi connectivity index (χ2v) is 16.6. The molecule has 9 nitrogen and oxygen atoms in total. The lowest BCUT2D eigenvalue weighted by Gasteiger charge is -2.13. The number of thiazole rings is 1. The molecule has 0 atom stereocenters. The van der Waals surface area contributed by atoms with Gasteiger partial charge in [-0.1, -0.05) is 117 Å². The molecule has 1 aromatic heterocycles. The number of rotatable bonds is 20. The van der Waals surface area contributed by atoms with Gasteiger partial charge in [-0.25, -0.2) is 9.37 Å². The van der Waals surface area contributed by atoms with E-state index >= 15 is 4.39 Å². The van der Waals surface area contributed by atoms with E-state index in [1.807, 2.05) is 84.9 Å². The molecule has 0 saturated heterocycles. The minimum Gasteiger partial charge on any atom is -0.494 e. The van der Waals surface area contributed by atoms with Crippen LogP contribution in [0.3, 0.4) is 0 Å². The zero-order valence-corrected chi connectivity index (χ0v) is 37.1. The Morgan fingerprint density at radius 2 is 1.58 bits per heavy atom. The van der Waals surface area contributed by atoms with Crippen LogP contribution in [0, 0.1) is 16.6 Å². The van der Waals surface area contributed by atoms with E-state index < -0.39 is 5.82 Å². The molecule has 0 bridgehead atoms. The third kappa shape index (κ3) is 11.5. The van der Waals surface area contributed by atoms with Crippen LogP contribution in [0.4, 0.5) is 9.52 Å². The van der Waals surface area contributed by atoms with Gasteiger partial charge >= 0.3 is 5.97 Å². The molecule has 0 fully saturated rings. The summed E-state index contributed by atoms with van der Waals surface area (Å²) in [6, 6.07) is 30.9. The molecule has 1 heterocycles. The molecular formula is C53H53FN6O3S. The van der Waals surface area contributed by atoms with Gasteiger partial charge in [-0.3, -0.25) is 15.6 Å². The number of anilines is 1. The van der Waals surface area contributed by atoms with Crippen molar-refractivity contribution in [3.05, 3.63) is 155 Å². The van der Waals surface area contributed by atoms with Gasteiger partial charge in [-0.15, -0.1) is 0 Å². The summed E-state index contributed by atoms with van der Waals surface area (Å²) in [7, 11) is 0. The molecule has 5 aromatic carbocycles. The van der Waals surface area contributed by atoms with Crippen molar-refractivity contribution in [3.63, 3.8) is 0 Å². The maximum Gasteiger partial charge on any atom is 0.311 e. The highest BCUT2D eigenvalue weighted by Gasteiger charge is 2.20. The highest BCUT2D eigenvalue weighted by Crippen LogP contribution is 2.36. The largest absolute Gasteiger partial charge is 0.494 e. The summed E-state index contributed by atoms with van der Waals surface area (Å²) in [5.41, 5.74) is 10.3. The van der Waals surface area contributed by atoms with Crippen LogP contribution in [0.15, 0.2) is 127 Å².